The molecular formula is C15H26N2. The number of hydrogen-bond donors (Lipinski definition) is 1. The van der Waals surface area contributed by atoms with Gasteiger partial charge in [0.05, 0.1) is 0 Å². The van der Waals surface area contributed by atoms with Crippen molar-refractivity contribution in [3.63, 3.8) is 0 Å². The molecule has 1 rings (SSSR count). The summed E-state index contributed by atoms with van der Waals surface area (Å²) in [6, 6.07) is 8.50. The number of nitrogens with two attached hydrogens (primary N) is 1. The molecule has 0 fully saturated rings. The maximum Gasteiger partial charge on any atom is 0.0180 e. The van der Waals surface area contributed by atoms with E-state index in [-0.39, 0.29) is 0 Å². The third-order valence-corrected chi connectivity index (χ3v) is 3.24. The van der Waals surface area contributed by atoms with Crippen LogP contribution in [0.2, 0.25) is 0 Å². The Morgan fingerprint density at radius 3 is 2.41 bits per heavy atom. The van der Waals surface area contributed by atoms with Crippen molar-refractivity contribution in [2.75, 3.05) is 20.1 Å². The summed E-state index contributed by atoms with van der Waals surface area (Å²) in [4.78, 5) is 2.42. The summed E-state index contributed by atoms with van der Waals surface area (Å²) in [5, 5.41) is 0. The summed E-state index contributed by atoms with van der Waals surface area (Å²) in [5.74, 6) is 0. The quantitative estimate of drug-likeness (QED) is 0.701. The summed E-state index contributed by atoms with van der Waals surface area (Å²) in [6.45, 7) is 5.23. The van der Waals surface area contributed by atoms with Crippen LogP contribution in [0, 0.1) is 0 Å². The third kappa shape index (κ3) is 5.33. The molecule has 0 aliphatic heterocycles. The van der Waals surface area contributed by atoms with Crippen molar-refractivity contribution in [3.05, 3.63) is 35.4 Å². The van der Waals surface area contributed by atoms with Crippen LogP contribution in [0.3, 0.4) is 0 Å². The van der Waals surface area contributed by atoms with Crippen LogP contribution >= 0.6 is 0 Å². The average Bonchev–Trinajstić information content (AvgIpc) is 2.37. The van der Waals surface area contributed by atoms with E-state index < -0.39 is 0 Å². The molecule has 0 heterocycles. The molecule has 17 heavy (non-hydrogen) atoms. The van der Waals surface area contributed by atoms with Crippen molar-refractivity contribution in [2.24, 2.45) is 5.73 Å². The van der Waals surface area contributed by atoms with Crippen LogP contribution in [-0.2, 0) is 13.0 Å². The molecule has 2 nitrogen and oxygen atoms in total. The highest BCUT2D eigenvalue weighted by atomic mass is 15.1. The number of rotatable bonds is 8. The molecular weight excluding hydrogens is 208 g/mol. The van der Waals surface area contributed by atoms with Gasteiger partial charge in [0, 0.05) is 13.1 Å². The highest BCUT2D eigenvalue weighted by molar-refractivity contribution is 5.27. The van der Waals surface area contributed by atoms with Crippen LogP contribution in [0.15, 0.2) is 24.3 Å². The van der Waals surface area contributed by atoms with Crippen LogP contribution < -0.4 is 5.73 Å². The Bertz CT molecular complexity index is 310. The monoisotopic (exact) mass is 234 g/mol. The Morgan fingerprint density at radius 2 is 1.76 bits per heavy atom. The maximum atomic E-state index is 5.74. The molecule has 0 atom stereocenters. The van der Waals surface area contributed by atoms with Gasteiger partial charge in [0.1, 0.15) is 0 Å². The molecule has 0 spiro atoms. The van der Waals surface area contributed by atoms with E-state index in [1.54, 1.807) is 0 Å². The second kappa shape index (κ2) is 8.26. The highest BCUT2D eigenvalue weighted by Gasteiger charge is 2.02. The topological polar surface area (TPSA) is 29.3 Å². The van der Waals surface area contributed by atoms with Crippen molar-refractivity contribution < 1.29 is 0 Å². The van der Waals surface area contributed by atoms with Gasteiger partial charge in [-0.15, -0.1) is 0 Å². The van der Waals surface area contributed by atoms with Crippen molar-refractivity contribution in [2.45, 2.75) is 39.2 Å². The van der Waals surface area contributed by atoms with Crippen LogP contribution in [-0.4, -0.2) is 25.0 Å². The zero-order valence-corrected chi connectivity index (χ0v) is 11.3. The van der Waals surface area contributed by atoms with E-state index in [0.29, 0.717) is 6.54 Å². The van der Waals surface area contributed by atoms with Gasteiger partial charge in [-0.1, -0.05) is 44.0 Å². The fraction of sp³-hybridized carbons (Fsp3) is 0.600. The number of nitrogens with zero attached hydrogens (tertiary/aromatic N) is 1. The van der Waals surface area contributed by atoms with Crippen molar-refractivity contribution in [1.29, 1.82) is 0 Å². The van der Waals surface area contributed by atoms with Crippen LogP contribution in [0.1, 0.15) is 37.3 Å². The Balaban J connectivity index is 2.33. The van der Waals surface area contributed by atoms with Crippen molar-refractivity contribution in [3.8, 4) is 0 Å². The molecule has 1 aromatic rings. The summed E-state index contributed by atoms with van der Waals surface area (Å²) in [5.41, 5.74) is 8.43. The lowest BCUT2D eigenvalue weighted by Gasteiger charge is -2.17. The van der Waals surface area contributed by atoms with Crippen LogP contribution in [0.5, 0.6) is 0 Å². The fourth-order valence-electron chi connectivity index (χ4n) is 2.06. The largest absolute Gasteiger partial charge is 0.326 e. The molecule has 0 radical (unpaired) electrons. The maximum absolute atomic E-state index is 5.74. The number of unbranched alkanes of at least 4 members (excludes halogenated alkanes) is 2. The minimum absolute atomic E-state index is 0.649. The van der Waals surface area contributed by atoms with E-state index >= 15 is 0 Å². The zero-order valence-electron chi connectivity index (χ0n) is 11.3. The smallest absolute Gasteiger partial charge is 0.0180 e. The van der Waals surface area contributed by atoms with Gasteiger partial charge in [0.2, 0.25) is 0 Å². The molecule has 2 heteroatoms. The summed E-state index contributed by atoms with van der Waals surface area (Å²) < 4.78 is 0. The van der Waals surface area contributed by atoms with Gasteiger partial charge in [-0.25, -0.2) is 0 Å². The summed E-state index contributed by atoms with van der Waals surface area (Å²) in [6.07, 6.45) is 5.05. The summed E-state index contributed by atoms with van der Waals surface area (Å²) >= 11 is 0. The van der Waals surface area contributed by atoms with Gasteiger partial charge in [0.15, 0.2) is 0 Å². The lowest BCUT2D eigenvalue weighted by Crippen LogP contribution is -2.22. The predicted molar refractivity (Wildman–Crippen MR) is 75.1 cm³/mol. The van der Waals surface area contributed by atoms with E-state index in [1.807, 2.05) is 0 Å². The fourth-order valence-corrected chi connectivity index (χ4v) is 2.06. The number of likely N-dealkylation sites (N-methyl/N-ethyl adjacent to an activating group) is 1. The second-order valence-corrected chi connectivity index (χ2v) is 4.73. The first kappa shape index (κ1) is 14.2. The van der Waals surface area contributed by atoms with Crippen LogP contribution in [0.4, 0.5) is 0 Å². The molecule has 2 N–H and O–H groups in total. The third-order valence-electron chi connectivity index (χ3n) is 3.24. The Hall–Kier alpha value is -0.860. The molecule has 0 unspecified atom stereocenters. The zero-order chi connectivity index (χ0) is 12.5. The average molecular weight is 234 g/mol. The standard InChI is InChI=1S/C15H26N2/c1-3-4-7-11-17(2)12-10-14-8-5-6-9-15(14)13-16/h5-6,8-9H,3-4,7,10-13,16H2,1-2H3. The van der Waals surface area contributed by atoms with Crippen molar-refractivity contribution >= 4 is 0 Å². The van der Waals surface area contributed by atoms with Gasteiger partial charge in [-0.3, -0.25) is 0 Å². The molecule has 0 bridgehead atoms. The first-order valence-electron chi connectivity index (χ1n) is 6.73. The minimum atomic E-state index is 0.649. The van der Waals surface area contributed by atoms with E-state index in [1.165, 1.54) is 36.9 Å². The van der Waals surface area contributed by atoms with Crippen molar-refractivity contribution in [1.82, 2.24) is 4.90 Å². The predicted octanol–water partition coefficient (Wildman–Crippen LogP) is 2.81. The number of hydrogen-bond acceptors (Lipinski definition) is 2. The van der Waals surface area contributed by atoms with Crippen LogP contribution in [0.25, 0.3) is 0 Å². The Morgan fingerprint density at radius 1 is 1.06 bits per heavy atom. The molecule has 1 aromatic carbocycles. The van der Waals surface area contributed by atoms with E-state index in [4.69, 9.17) is 5.73 Å². The highest BCUT2D eigenvalue weighted by Crippen LogP contribution is 2.09. The molecule has 0 aliphatic rings. The number of benzene rings is 1. The van der Waals surface area contributed by atoms with Gasteiger partial charge >= 0.3 is 0 Å². The van der Waals surface area contributed by atoms with Gasteiger partial charge in [0.25, 0.3) is 0 Å². The van der Waals surface area contributed by atoms with Gasteiger partial charge < -0.3 is 10.6 Å². The first-order valence-corrected chi connectivity index (χ1v) is 6.73. The first-order chi connectivity index (χ1) is 8.27. The molecule has 0 amide bonds. The lowest BCUT2D eigenvalue weighted by atomic mass is 10.0. The van der Waals surface area contributed by atoms with E-state index in [0.717, 1.165) is 13.0 Å². The molecule has 0 aromatic heterocycles. The van der Waals surface area contributed by atoms with E-state index in [9.17, 15) is 0 Å². The molecule has 96 valence electrons. The molecule has 0 aliphatic carbocycles. The SMILES string of the molecule is CCCCCN(C)CCc1ccccc1CN. The Kier molecular flexibility index (Phi) is 6.90. The molecule has 0 saturated carbocycles. The lowest BCUT2D eigenvalue weighted by molar-refractivity contribution is 0.329. The van der Waals surface area contributed by atoms with Gasteiger partial charge in [-0.2, -0.15) is 0 Å². The normalized spacial score (nSPS) is 11.1. The van der Waals surface area contributed by atoms with Gasteiger partial charge in [-0.05, 0) is 37.6 Å². The van der Waals surface area contributed by atoms with E-state index in [2.05, 4.69) is 43.1 Å². The molecule has 0 saturated heterocycles. The summed E-state index contributed by atoms with van der Waals surface area (Å²) in [7, 11) is 2.21. The second-order valence-electron chi connectivity index (χ2n) is 4.73. The minimum Gasteiger partial charge on any atom is -0.326 e. The Labute approximate surface area is 106 Å².